The van der Waals surface area contributed by atoms with Crippen molar-refractivity contribution in [1.82, 2.24) is 29.5 Å². The van der Waals surface area contributed by atoms with Gasteiger partial charge in [-0.15, -0.1) is 0 Å². The summed E-state index contributed by atoms with van der Waals surface area (Å²) in [6, 6.07) is 28.5. The number of nitrogens with one attached hydrogen (secondary N) is 2. The lowest BCUT2D eigenvalue weighted by Gasteiger charge is -2.10. The van der Waals surface area contributed by atoms with Gasteiger partial charge in [0.25, 0.3) is 11.8 Å². The number of aromatic nitrogens is 6. The number of anilines is 2. The molecule has 0 radical (unpaired) electrons. The average molecular weight is 880 g/mol. The molecular weight excluding hydrogens is 848 g/mol. The summed E-state index contributed by atoms with van der Waals surface area (Å²) in [4.78, 5) is 36.1. The number of rotatable bonds is 9. The lowest BCUT2D eigenvalue weighted by atomic mass is 10.1. The molecule has 4 aromatic heterocycles. The number of alkyl halides is 3. The van der Waals surface area contributed by atoms with E-state index in [-0.39, 0.29) is 44.6 Å². The van der Waals surface area contributed by atoms with Crippen LogP contribution in [0.1, 0.15) is 81.3 Å². The van der Waals surface area contributed by atoms with Crippen LogP contribution in [0.2, 0.25) is 15.1 Å². The van der Waals surface area contributed by atoms with Gasteiger partial charge in [-0.05, 0) is 96.6 Å². The monoisotopic (exact) mass is 878 g/mol. The van der Waals surface area contributed by atoms with E-state index in [0.717, 1.165) is 35.5 Å². The second-order valence-corrected chi connectivity index (χ2v) is 16.2. The zero-order valence-corrected chi connectivity index (χ0v) is 34.4. The zero-order valence-electron chi connectivity index (χ0n) is 32.2. The second-order valence-electron chi connectivity index (χ2n) is 15.0. The highest BCUT2D eigenvalue weighted by molar-refractivity contribution is 6.39. The van der Waals surface area contributed by atoms with Gasteiger partial charge in [0.15, 0.2) is 11.3 Å². The highest BCUT2D eigenvalue weighted by Gasteiger charge is 2.43. The molecule has 0 saturated heterocycles. The van der Waals surface area contributed by atoms with Gasteiger partial charge in [0.05, 0.1) is 60.3 Å². The molecule has 2 amide bonds. The first-order chi connectivity index (χ1) is 29.3. The molecule has 1 aliphatic carbocycles. The minimum Gasteiger partial charge on any atom is -0.322 e. The van der Waals surface area contributed by atoms with Crippen LogP contribution in [0.5, 0.6) is 0 Å². The normalized spacial score (nSPS) is 15.1. The maximum absolute atomic E-state index is 13.5. The number of carbonyl (C=O) groups is 2. The van der Waals surface area contributed by atoms with E-state index in [2.05, 4.69) is 15.6 Å². The fraction of sp³-hybridized carbons (Fsp3) is 0.156. The molecule has 306 valence electrons. The summed E-state index contributed by atoms with van der Waals surface area (Å²) in [5.41, 5.74) is 5.08. The Morgan fingerprint density at radius 2 is 1.20 bits per heavy atom. The third-order valence-electron chi connectivity index (χ3n) is 10.6. The van der Waals surface area contributed by atoms with Crippen molar-refractivity contribution in [3.63, 3.8) is 0 Å². The first-order valence-corrected chi connectivity index (χ1v) is 20.3. The maximum Gasteiger partial charge on any atom is 0.416 e. The fourth-order valence-electron chi connectivity index (χ4n) is 7.46. The van der Waals surface area contributed by atoms with Crippen molar-refractivity contribution in [3.05, 3.63) is 164 Å². The van der Waals surface area contributed by atoms with Crippen LogP contribution < -0.4 is 10.6 Å². The average Bonchev–Trinajstić information content (AvgIpc) is 3.78. The molecule has 61 heavy (non-hydrogen) atoms. The summed E-state index contributed by atoms with van der Waals surface area (Å²) in [7, 11) is 0. The van der Waals surface area contributed by atoms with Crippen molar-refractivity contribution in [2.75, 3.05) is 10.6 Å². The van der Waals surface area contributed by atoms with Gasteiger partial charge in [0, 0.05) is 34.7 Å². The van der Waals surface area contributed by atoms with Gasteiger partial charge in [-0.3, -0.25) is 9.59 Å². The summed E-state index contributed by atoms with van der Waals surface area (Å²) in [6.07, 6.45) is -0.915. The van der Waals surface area contributed by atoms with Crippen LogP contribution in [0.4, 0.5) is 24.5 Å². The van der Waals surface area contributed by atoms with Crippen LogP contribution in [-0.4, -0.2) is 41.3 Å². The molecule has 10 nitrogen and oxygen atoms in total. The number of halogens is 6. The first-order valence-electron chi connectivity index (χ1n) is 19.1. The number of hydrogen-bond acceptors (Lipinski definition) is 6. The van der Waals surface area contributed by atoms with Gasteiger partial charge in [-0.1, -0.05) is 79.0 Å². The summed E-state index contributed by atoms with van der Waals surface area (Å²) in [5.74, 6) is -1.06. The number of pyridine rings is 2. The van der Waals surface area contributed by atoms with E-state index in [1.165, 1.54) is 24.5 Å². The van der Waals surface area contributed by atoms with Gasteiger partial charge < -0.3 is 10.6 Å². The van der Waals surface area contributed by atoms with E-state index < -0.39 is 23.6 Å². The zero-order chi connectivity index (χ0) is 42.7. The Bertz CT molecular complexity index is 2990. The van der Waals surface area contributed by atoms with Crippen molar-refractivity contribution < 1.29 is 22.8 Å². The van der Waals surface area contributed by atoms with E-state index >= 15 is 0 Å². The Morgan fingerprint density at radius 3 is 1.77 bits per heavy atom. The molecule has 2 atom stereocenters. The molecule has 8 aromatic rings. The predicted octanol–water partition coefficient (Wildman–Crippen LogP) is 12.0. The van der Waals surface area contributed by atoms with Gasteiger partial charge in [0.1, 0.15) is 0 Å². The summed E-state index contributed by atoms with van der Waals surface area (Å²) < 4.78 is 42.6. The Kier molecular flexibility index (Phi) is 10.3. The fourth-order valence-corrected chi connectivity index (χ4v) is 8.21. The standard InChI is InChI=1S/C45H32Cl3F3N8O2/c1-23(2)39-35-37(47)33(43(60)54-27-14-10-25(11-15-27)45(49,50)51)21-52-41(35)59(56-39)30-18-8-24(9-19-30)31-20-32(31)40-36-38(48)34(44(61)55-28-16-12-26(46)13-17-28)22-53-42(36)58(57-40)29-6-4-3-5-7-29/h3-19,21-23,31-32H,20H2,1-2H3,(H,54,60)(H,55,61). The minimum atomic E-state index is -4.50. The van der Waals surface area contributed by atoms with Gasteiger partial charge >= 0.3 is 6.18 Å². The summed E-state index contributed by atoms with van der Waals surface area (Å²) in [5, 5.41) is 17.5. The molecule has 2 N–H and O–H groups in total. The second kappa shape index (κ2) is 15.6. The minimum absolute atomic E-state index is 0.0158. The highest BCUT2D eigenvalue weighted by Crippen LogP contribution is 2.56. The predicted molar refractivity (Wildman–Crippen MR) is 231 cm³/mol. The largest absolute Gasteiger partial charge is 0.416 e. The van der Waals surface area contributed by atoms with Crippen LogP contribution >= 0.6 is 34.8 Å². The molecule has 2 unspecified atom stereocenters. The molecule has 4 heterocycles. The highest BCUT2D eigenvalue weighted by atomic mass is 35.5. The summed E-state index contributed by atoms with van der Waals surface area (Å²) in [6.45, 7) is 3.90. The number of carbonyl (C=O) groups excluding carboxylic acids is 2. The van der Waals surface area contributed by atoms with Crippen LogP contribution in [0.25, 0.3) is 33.4 Å². The van der Waals surface area contributed by atoms with E-state index in [0.29, 0.717) is 44.2 Å². The number of para-hydroxylation sites is 1. The number of fused-ring (bicyclic) bond motifs is 2. The lowest BCUT2D eigenvalue weighted by Crippen LogP contribution is -2.13. The topological polar surface area (TPSA) is 120 Å². The Morgan fingerprint density at radius 1 is 0.672 bits per heavy atom. The van der Waals surface area contributed by atoms with E-state index in [1.807, 2.05) is 68.4 Å². The Balaban J connectivity index is 1.01. The van der Waals surface area contributed by atoms with Gasteiger partial charge in [0.2, 0.25) is 0 Å². The molecule has 1 saturated carbocycles. The quantitative estimate of drug-likeness (QED) is 0.149. The van der Waals surface area contributed by atoms with Crippen LogP contribution in [0.3, 0.4) is 0 Å². The smallest absolute Gasteiger partial charge is 0.322 e. The first kappa shape index (κ1) is 40.1. The van der Waals surface area contributed by atoms with Gasteiger partial charge in [-0.25, -0.2) is 19.3 Å². The molecule has 9 rings (SSSR count). The summed E-state index contributed by atoms with van der Waals surface area (Å²) >= 11 is 20.0. The molecule has 0 bridgehead atoms. The van der Waals surface area contributed by atoms with Crippen molar-refractivity contribution in [1.29, 1.82) is 0 Å². The van der Waals surface area contributed by atoms with Crippen molar-refractivity contribution in [2.24, 2.45) is 0 Å². The van der Waals surface area contributed by atoms with E-state index in [9.17, 15) is 22.8 Å². The van der Waals surface area contributed by atoms with Crippen LogP contribution in [-0.2, 0) is 6.18 Å². The molecule has 0 spiro atoms. The Hall–Kier alpha value is -6.28. The number of amides is 2. The SMILES string of the molecule is CC(C)c1nn(-c2ccc(C3CC3c3nn(-c4ccccc4)c4ncc(C(=O)Nc5ccc(Cl)cc5)c(Cl)c34)cc2)c2ncc(C(=O)Nc3ccc(C(F)(F)F)cc3)c(Cl)c12. The molecule has 1 fully saturated rings. The van der Waals surface area contributed by atoms with Crippen LogP contribution in [0, 0.1) is 0 Å². The van der Waals surface area contributed by atoms with Crippen molar-refractivity contribution in [3.8, 4) is 11.4 Å². The Labute approximate surface area is 361 Å². The van der Waals surface area contributed by atoms with Crippen molar-refractivity contribution in [2.45, 2.75) is 44.2 Å². The molecule has 4 aromatic carbocycles. The number of benzene rings is 4. The van der Waals surface area contributed by atoms with E-state index in [1.54, 1.807) is 33.6 Å². The van der Waals surface area contributed by atoms with E-state index in [4.69, 9.17) is 50.0 Å². The molecule has 1 aliphatic rings. The third-order valence-corrected chi connectivity index (χ3v) is 11.7. The van der Waals surface area contributed by atoms with Crippen LogP contribution in [0.15, 0.2) is 116 Å². The number of hydrogen-bond donors (Lipinski definition) is 2. The number of nitrogens with zero attached hydrogens (tertiary/aromatic N) is 6. The van der Waals surface area contributed by atoms with Gasteiger partial charge in [-0.2, -0.15) is 23.4 Å². The molecular formula is C45H32Cl3F3N8O2. The maximum atomic E-state index is 13.5. The van der Waals surface area contributed by atoms with Crippen molar-refractivity contribution >= 4 is 80.1 Å². The lowest BCUT2D eigenvalue weighted by molar-refractivity contribution is -0.137. The molecule has 0 aliphatic heterocycles. The third kappa shape index (κ3) is 7.58. The molecule has 16 heteroatoms.